The van der Waals surface area contributed by atoms with Crippen LogP contribution in [0.25, 0.3) is 0 Å². The standard InChI is InChI=1S/C14H20ClF3N2S/c1-10(2)8-19-5-3-4-6-21-13-12(15)7-11(9-20-13)14(16,17)18/h7,9-10,19H,3-6,8H2,1-2H3. The molecule has 0 aliphatic heterocycles. The van der Waals surface area contributed by atoms with Gasteiger partial charge in [0.1, 0.15) is 5.03 Å². The quantitative estimate of drug-likeness (QED) is 0.539. The fraction of sp³-hybridized carbons (Fsp3) is 0.643. The molecular weight excluding hydrogens is 321 g/mol. The molecule has 1 heterocycles. The maximum absolute atomic E-state index is 12.5. The Labute approximate surface area is 132 Å². The third-order valence-corrected chi connectivity index (χ3v) is 4.17. The number of halogens is 4. The Balaban J connectivity index is 2.30. The van der Waals surface area contributed by atoms with Crippen molar-refractivity contribution in [1.29, 1.82) is 0 Å². The van der Waals surface area contributed by atoms with Crippen LogP contribution >= 0.6 is 23.4 Å². The molecule has 0 aliphatic carbocycles. The summed E-state index contributed by atoms with van der Waals surface area (Å²) < 4.78 is 37.4. The molecular formula is C14H20ClF3N2S. The van der Waals surface area contributed by atoms with Crippen molar-refractivity contribution in [3.8, 4) is 0 Å². The van der Waals surface area contributed by atoms with Crippen molar-refractivity contribution < 1.29 is 13.2 Å². The number of hydrogen-bond donors (Lipinski definition) is 1. The zero-order chi connectivity index (χ0) is 15.9. The van der Waals surface area contributed by atoms with E-state index in [-0.39, 0.29) is 5.02 Å². The van der Waals surface area contributed by atoms with E-state index >= 15 is 0 Å². The van der Waals surface area contributed by atoms with Crippen molar-refractivity contribution in [2.75, 3.05) is 18.8 Å². The number of nitrogens with zero attached hydrogens (tertiary/aromatic N) is 1. The Morgan fingerprint density at radius 1 is 1.33 bits per heavy atom. The van der Waals surface area contributed by atoms with E-state index in [2.05, 4.69) is 24.1 Å². The van der Waals surface area contributed by atoms with Crippen LogP contribution in [-0.2, 0) is 6.18 Å². The van der Waals surface area contributed by atoms with Crippen LogP contribution in [0, 0.1) is 5.92 Å². The summed E-state index contributed by atoms with van der Waals surface area (Å²) in [5.74, 6) is 1.43. The van der Waals surface area contributed by atoms with E-state index in [4.69, 9.17) is 11.6 Å². The van der Waals surface area contributed by atoms with Crippen molar-refractivity contribution in [3.63, 3.8) is 0 Å². The van der Waals surface area contributed by atoms with Gasteiger partial charge in [0, 0.05) is 6.20 Å². The molecule has 0 radical (unpaired) electrons. The molecule has 0 aromatic carbocycles. The Hall–Kier alpha value is -0.460. The van der Waals surface area contributed by atoms with E-state index in [0.29, 0.717) is 10.9 Å². The minimum atomic E-state index is -4.40. The van der Waals surface area contributed by atoms with Crippen molar-refractivity contribution >= 4 is 23.4 Å². The molecule has 0 spiro atoms. The highest BCUT2D eigenvalue weighted by atomic mass is 35.5. The van der Waals surface area contributed by atoms with E-state index < -0.39 is 11.7 Å². The molecule has 0 atom stereocenters. The molecule has 7 heteroatoms. The molecule has 0 bridgehead atoms. The van der Waals surface area contributed by atoms with E-state index in [9.17, 15) is 13.2 Å². The Bertz CT molecular complexity index is 439. The zero-order valence-corrected chi connectivity index (χ0v) is 13.7. The number of nitrogens with one attached hydrogen (secondary N) is 1. The van der Waals surface area contributed by atoms with Crippen LogP contribution in [0.5, 0.6) is 0 Å². The molecule has 2 nitrogen and oxygen atoms in total. The van der Waals surface area contributed by atoms with Crippen molar-refractivity contribution in [1.82, 2.24) is 10.3 Å². The summed E-state index contributed by atoms with van der Waals surface area (Å²) in [6.07, 6.45) is -1.58. The van der Waals surface area contributed by atoms with E-state index in [1.807, 2.05) is 0 Å². The van der Waals surface area contributed by atoms with Crippen molar-refractivity contribution in [2.24, 2.45) is 5.92 Å². The second-order valence-electron chi connectivity index (χ2n) is 5.16. The van der Waals surface area contributed by atoms with Crippen molar-refractivity contribution in [2.45, 2.75) is 37.9 Å². The second-order valence-corrected chi connectivity index (χ2v) is 6.65. The van der Waals surface area contributed by atoms with Gasteiger partial charge in [0.2, 0.25) is 0 Å². The summed E-state index contributed by atoms with van der Waals surface area (Å²) in [5, 5.41) is 3.86. The van der Waals surface area contributed by atoms with Gasteiger partial charge in [-0.2, -0.15) is 13.2 Å². The molecule has 0 amide bonds. The van der Waals surface area contributed by atoms with Gasteiger partial charge in [-0.25, -0.2) is 4.98 Å². The predicted molar refractivity (Wildman–Crippen MR) is 81.9 cm³/mol. The predicted octanol–water partition coefficient (Wildman–Crippen LogP) is 4.87. The highest BCUT2D eigenvalue weighted by molar-refractivity contribution is 7.99. The lowest BCUT2D eigenvalue weighted by molar-refractivity contribution is -0.137. The van der Waals surface area contributed by atoms with Crippen LogP contribution in [0.3, 0.4) is 0 Å². The molecule has 1 aromatic heterocycles. The van der Waals surface area contributed by atoms with Crippen LogP contribution < -0.4 is 5.32 Å². The largest absolute Gasteiger partial charge is 0.417 e. The Morgan fingerprint density at radius 2 is 2.05 bits per heavy atom. The van der Waals surface area contributed by atoms with Gasteiger partial charge in [-0.1, -0.05) is 25.4 Å². The summed E-state index contributed by atoms with van der Waals surface area (Å²) in [5.41, 5.74) is -0.810. The lowest BCUT2D eigenvalue weighted by atomic mass is 10.2. The number of aromatic nitrogens is 1. The van der Waals surface area contributed by atoms with Crippen molar-refractivity contribution in [3.05, 3.63) is 22.8 Å². The summed E-state index contributed by atoms with van der Waals surface area (Å²) in [7, 11) is 0. The third kappa shape index (κ3) is 7.38. The lowest BCUT2D eigenvalue weighted by Crippen LogP contribution is -2.20. The monoisotopic (exact) mass is 340 g/mol. The van der Waals surface area contributed by atoms with Gasteiger partial charge < -0.3 is 5.32 Å². The molecule has 1 rings (SSSR count). The Kier molecular flexibility index (Phi) is 7.84. The highest BCUT2D eigenvalue weighted by Crippen LogP contribution is 2.33. The number of pyridine rings is 1. The smallest absolute Gasteiger partial charge is 0.316 e. The molecule has 0 saturated carbocycles. The molecule has 0 unspecified atom stereocenters. The Morgan fingerprint density at radius 3 is 2.62 bits per heavy atom. The van der Waals surface area contributed by atoms with Crippen LogP contribution in [0.1, 0.15) is 32.3 Å². The maximum Gasteiger partial charge on any atom is 0.417 e. The zero-order valence-electron chi connectivity index (χ0n) is 12.1. The van der Waals surface area contributed by atoms with E-state index in [0.717, 1.165) is 43.9 Å². The first-order chi connectivity index (χ1) is 9.80. The number of thioether (sulfide) groups is 1. The summed E-state index contributed by atoms with van der Waals surface area (Å²) in [6, 6.07) is 0.932. The molecule has 1 aromatic rings. The minimum Gasteiger partial charge on any atom is -0.316 e. The first-order valence-corrected chi connectivity index (χ1v) is 8.23. The van der Waals surface area contributed by atoms with Gasteiger partial charge in [-0.15, -0.1) is 11.8 Å². The first kappa shape index (κ1) is 18.6. The SMILES string of the molecule is CC(C)CNCCCCSc1ncc(C(F)(F)F)cc1Cl. The number of alkyl halides is 3. The first-order valence-electron chi connectivity index (χ1n) is 6.87. The van der Waals surface area contributed by atoms with Gasteiger partial charge >= 0.3 is 6.18 Å². The van der Waals surface area contributed by atoms with Crippen LogP contribution in [-0.4, -0.2) is 23.8 Å². The second kappa shape index (κ2) is 8.86. The van der Waals surface area contributed by atoms with Gasteiger partial charge in [0.25, 0.3) is 0 Å². The van der Waals surface area contributed by atoms with Gasteiger partial charge in [0.15, 0.2) is 0 Å². The molecule has 0 fully saturated rings. The highest BCUT2D eigenvalue weighted by Gasteiger charge is 2.31. The molecule has 0 saturated heterocycles. The van der Waals surface area contributed by atoms with Crippen LogP contribution in [0.2, 0.25) is 5.02 Å². The van der Waals surface area contributed by atoms with Gasteiger partial charge in [-0.3, -0.25) is 0 Å². The maximum atomic E-state index is 12.5. The average Bonchev–Trinajstić information content (AvgIpc) is 2.37. The van der Waals surface area contributed by atoms with E-state index in [1.165, 1.54) is 11.8 Å². The lowest BCUT2D eigenvalue weighted by Gasteiger charge is -2.09. The summed E-state index contributed by atoms with van der Waals surface area (Å²) in [4.78, 5) is 3.80. The molecule has 1 N–H and O–H groups in total. The third-order valence-electron chi connectivity index (χ3n) is 2.67. The number of hydrogen-bond acceptors (Lipinski definition) is 3. The van der Waals surface area contributed by atoms with Crippen LogP contribution in [0.4, 0.5) is 13.2 Å². The summed E-state index contributed by atoms with van der Waals surface area (Å²) in [6.45, 7) is 6.26. The number of rotatable bonds is 8. The number of unbranched alkanes of at least 4 members (excludes halogenated alkanes) is 1. The van der Waals surface area contributed by atoms with Gasteiger partial charge in [-0.05, 0) is 43.7 Å². The average molecular weight is 341 g/mol. The summed E-state index contributed by atoms with van der Waals surface area (Å²) >= 11 is 7.23. The molecule has 21 heavy (non-hydrogen) atoms. The fourth-order valence-electron chi connectivity index (χ4n) is 1.60. The van der Waals surface area contributed by atoms with Gasteiger partial charge in [0.05, 0.1) is 10.6 Å². The minimum absolute atomic E-state index is 0.0627. The molecule has 0 aliphatic rings. The molecule has 120 valence electrons. The normalized spacial score (nSPS) is 12.1. The van der Waals surface area contributed by atoms with Crippen LogP contribution in [0.15, 0.2) is 17.3 Å². The van der Waals surface area contributed by atoms with E-state index in [1.54, 1.807) is 0 Å². The fourth-order valence-corrected chi connectivity index (χ4v) is 2.79. The topological polar surface area (TPSA) is 24.9 Å².